The third kappa shape index (κ3) is 2.76. The standard InChI is InChI=1S/C13H17ClN2O2/c1-9(17)16-6-5-15-12(8-16)11-7-10(14)3-4-13(11)18-2/h3-4,7,12,15H,5-6,8H2,1-2H3. The summed E-state index contributed by atoms with van der Waals surface area (Å²) < 4.78 is 5.35. The molecule has 18 heavy (non-hydrogen) atoms. The summed E-state index contributed by atoms with van der Waals surface area (Å²) in [6.45, 7) is 3.76. The fraction of sp³-hybridized carbons (Fsp3) is 0.462. The minimum atomic E-state index is 0.0660. The predicted molar refractivity (Wildman–Crippen MR) is 71.0 cm³/mol. The number of piperazine rings is 1. The smallest absolute Gasteiger partial charge is 0.219 e. The maximum Gasteiger partial charge on any atom is 0.219 e. The van der Waals surface area contributed by atoms with Gasteiger partial charge >= 0.3 is 0 Å². The lowest BCUT2D eigenvalue weighted by atomic mass is 10.0. The fourth-order valence-corrected chi connectivity index (χ4v) is 2.40. The highest BCUT2D eigenvalue weighted by Crippen LogP contribution is 2.29. The van der Waals surface area contributed by atoms with Gasteiger partial charge in [0.15, 0.2) is 0 Å². The van der Waals surface area contributed by atoms with E-state index >= 15 is 0 Å². The SMILES string of the molecule is COc1ccc(Cl)cc1C1CN(C(C)=O)CCN1. The van der Waals surface area contributed by atoms with E-state index in [1.54, 1.807) is 20.1 Å². The molecule has 5 heteroatoms. The molecule has 1 fully saturated rings. The Morgan fingerprint density at radius 1 is 1.56 bits per heavy atom. The number of nitrogens with one attached hydrogen (secondary N) is 1. The van der Waals surface area contributed by atoms with Gasteiger partial charge in [-0.2, -0.15) is 0 Å². The molecule has 1 unspecified atom stereocenters. The highest BCUT2D eigenvalue weighted by Gasteiger charge is 2.24. The Bertz CT molecular complexity index is 451. The van der Waals surface area contributed by atoms with Crippen LogP contribution < -0.4 is 10.1 Å². The molecular weight excluding hydrogens is 252 g/mol. The molecule has 1 aliphatic heterocycles. The first-order valence-electron chi connectivity index (χ1n) is 5.94. The molecule has 1 atom stereocenters. The maximum absolute atomic E-state index is 11.4. The second-order valence-electron chi connectivity index (χ2n) is 4.36. The molecule has 1 aromatic rings. The average Bonchev–Trinajstić information content (AvgIpc) is 2.39. The van der Waals surface area contributed by atoms with Crippen LogP contribution in [0.4, 0.5) is 0 Å². The predicted octanol–water partition coefficient (Wildman–Crippen LogP) is 1.84. The van der Waals surface area contributed by atoms with E-state index in [9.17, 15) is 4.79 Å². The molecule has 0 aromatic heterocycles. The van der Waals surface area contributed by atoms with E-state index < -0.39 is 0 Å². The Hall–Kier alpha value is -1.26. The van der Waals surface area contributed by atoms with Crippen molar-refractivity contribution in [3.05, 3.63) is 28.8 Å². The summed E-state index contributed by atoms with van der Waals surface area (Å²) in [4.78, 5) is 13.3. The summed E-state index contributed by atoms with van der Waals surface area (Å²) in [7, 11) is 1.64. The third-order valence-corrected chi connectivity index (χ3v) is 3.42. The topological polar surface area (TPSA) is 41.6 Å². The van der Waals surface area contributed by atoms with Gasteiger partial charge in [-0.25, -0.2) is 0 Å². The highest BCUT2D eigenvalue weighted by molar-refractivity contribution is 6.30. The van der Waals surface area contributed by atoms with Crippen molar-refractivity contribution in [2.24, 2.45) is 0 Å². The number of amides is 1. The number of carbonyl (C=O) groups is 1. The minimum Gasteiger partial charge on any atom is -0.496 e. The molecule has 1 heterocycles. The van der Waals surface area contributed by atoms with Crippen molar-refractivity contribution >= 4 is 17.5 Å². The summed E-state index contributed by atoms with van der Waals surface area (Å²) in [6.07, 6.45) is 0. The highest BCUT2D eigenvalue weighted by atomic mass is 35.5. The molecule has 1 saturated heterocycles. The molecule has 1 aliphatic rings. The number of methoxy groups -OCH3 is 1. The summed E-state index contributed by atoms with van der Waals surface area (Å²) in [6, 6.07) is 5.61. The number of halogens is 1. The van der Waals surface area contributed by atoms with Crippen molar-refractivity contribution in [2.75, 3.05) is 26.7 Å². The van der Waals surface area contributed by atoms with Gasteiger partial charge in [0.25, 0.3) is 0 Å². The quantitative estimate of drug-likeness (QED) is 0.890. The molecule has 1 aromatic carbocycles. The lowest BCUT2D eigenvalue weighted by Crippen LogP contribution is -2.47. The molecule has 0 saturated carbocycles. The van der Waals surface area contributed by atoms with E-state index in [-0.39, 0.29) is 11.9 Å². The number of rotatable bonds is 2. The van der Waals surface area contributed by atoms with E-state index in [2.05, 4.69) is 5.32 Å². The normalized spacial score (nSPS) is 19.7. The molecule has 4 nitrogen and oxygen atoms in total. The summed E-state index contributed by atoms with van der Waals surface area (Å²) in [5.41, 5.74) is 0.996. The van der Waals surface area contributed by atoms with Gasteiger partial charge in [-0.1, -0.05) is 11.6 Å². The molecular formula is C13H17ClN2O2. The lowest BCUT2D eigenvalue weighted by molar-refractivity contribution is -0.130. The zero-order valence-corrected chi connectivity index (χ0v) is 11.3. The second-order valence-corrected chi connectivity index (χ2v) is 4.79. The number of hydrogen-bond donors (Lipinski definition) is 1. The summed E-state index contributed by atoms with van der Waals surface area (Å²) >= 11 is 6.03. The van der Waals surface area contributed by atoms with E-state index in [4.69, 9.17) is 16.3 Å². The first kappa shape index (κ1) is 13.2. The zero-order chi connectivity index (χ0) is 13.1. The van der Waals surface area contributed by atoms with Crippen molar-refractivity contribution in [1.29, 1.82) is 0 Å². The van der Waals surface area contributed by atoms with Gasteiger partial charge in [0.1, 0.15) is 5.75 Å². The van der Waals surface area contributed by atoms with Crippen molar-refractivity contribution in [2.45, 2.75) is 13.0 Å². The van der Waals surface area contributed by atoms with Gasteiger partial charge < -0.3 is 15.0 Å². The average molecular weight is 269 g/mol. The largest absolute Gasteiger partial charge is 0.496 e. The Morgan fingerprint density at radius 3 is 3.00 bits per heavy atom. The lowest BCUT2D eigenvalue weighted by Gasteiger charge is -2.34. The Balaban J connectivity index is 2.25. The van der Waals surface area contributed by atoms with Gasteiger partial charge in [-0.3, -0.25) is 4.79 Å². The molecule has 0 spiro atoms. The van der Waals surface area contributed by atoms with Crippen LogP contribution in [-0.4, -0.2) is 37.6 Å². The van der Waals surface area contributed by atoms with Crippen LogP contribution in [0.1, 0.15) is 18.5 Å². The van der Waals surface area contributed by atoms with Crippen molar-refractivity contribution in [3.8, 4) is 5.75 Å². The van der Waals surface area contributed by atoms with Crippen molar-refractivity contribution < 1.29 is 9.53 Å². The van der Waals surface area contributed by atoms with Gasteiger partial charge in [0.2, 0.25) is 5.91 Å². The molecule has 0 aliphatic carbocycles. The Kier molecular flexibility index (Phi) is 4.09. The first-order chi connectivity index (χ1) is 8.61. The van der Waals surface area contributed by atoms with Crippen LogP contribution in [0.25, 0.3) is 0 Å². The van der Waals surface area contributed by atoms with Crippen LogP contribution in [0.2, 0.25) is 5.02 Å². The summed E-state index contributed by atoms with van der Waals surface area (Å²) in [5, 5.41) is 4.06. The Morgan fingerprint density at radius 2 is 2.33 bits per heavy atom. The van der Waals surface area contributed by atoms with Crippen LogP contribution in [0.5, 0.6) is 5.75 Å². The zero-order valence-electron chi connectivity index (χ0n) is 10.6. The van der Waals surface area contributed by atoms with Gasteiger partial charge in [-0.15, -0.1) is 0 Å². The number of nitrogens with zero attached hydrogens (tertiary/aromatic N) is 1. The van der Waals surface area contributed by atoms with Crippen molar-refractivity contribution in [3.63, 3.8) is 0 Å². The van der Waals surface area contributed by atoms with Crippen LogP contribution in [0.15, 0.2) is 18.2 Å². The molecule has 2 rings (SSSR count). The monoisotopic (exact) mass is 268 g/mol. The van der Waals surface area contributed by atoms with E-state index in [1.165, 1.54) is 0 Å². The second kappa shape index (κ2) is 5.59. The van der Waals surface area contributed by atoms with Crippen molar-refractivity contribution in [1.82, 2.24) is 10.2 Å². The Labute approximate surface area is 112 Å². The van der Waals surface area contributed by atoms with E-state index in [0.717, 1.165) is 24.4 Å². The summed E-state index contributed by atoms with van der Waals surface area (Å²) in [5.74, 6) is 0.893. The minimum absolute atomic E-state index is 0.0660. The third-order valence-electron chi connectivity index (χ3n) is 3.19. The number of benzene rings is 1. The van der Waals surface area contributed by atoms with E-state index in [1.807, 2.05) is 17.0 Å². The van der Waals surface area contributed by atoms with Crippen LogP contribution >= 0.6 is 11.6 Å². The number of hydrogen-bond acceptors (Lipinski definition) is 3. The first-order valence-corrected chi connectivity index (χ1v) is 6.32. The molecule has 1 amide bonds. The van der Waals surface area contributed by atoms with Gasteiger partial charge in [0, 0.05) is 37.1 Å². The molecule has 1 N–H and O–H groups in total. The molecule has 0 radical (unpaired) electrons. The van der Waals surface area contributed by atoms with Crippen LogP contribution in [0.3, 0.4) is 0 Å². The van der Waals surface area contributed by atoms with E-state index in [0.29, 0.717) is 11.6 Å². The number of ether oxygens (including phenoxy) is 1. The fourth-order valence-electron chi connectivity index (χ4n) is 2.22. The maximum atomic E-state index is 11.4. The number of carbonyl (C=O) groups excluding carboxylic acids is 1. The molecule has 0 bridgehead atoms. The van der Waals surface area contributed by atoms with Gasteiger partial charge in [0.05, 0.1) is 13.2 Å². The van der Waals surface area contributed by atoms with Gasteiger partial charge in [-0.05, 0) is 18.2 Å². The van der Waals surface area contributed by atoms with Crippen LogP contribution in [-0.2, 0) is 4.79 Å². The van der Waals surface area contributed by atoms with Crippen LogP contribution in [0, 0.1) is 0 Å². The molecule has 98 valence electrons.